The Bertz CT molecular complexity index is 762. The molecule has 0 bridgehead atoms. The molecule has 4 nitrogen and oxygen atoms in total. The summed E-state index contributed by atoms with van der Waals surface area (Å²) < 4.78 is 2.00. The Morgan fingerprint density at radius 1 is 1.05 bits per heavy atom. The summed E-state index contributed by atoms with van der Waals surface area (Å²) in [5, 5.41) is 6.80. The summed E-state index contributed by atoms with van der Waals surface area (Å²) in [5.74, 6) is 0. The standard InChI is InChI=1S/C17H17N3O/c1-20-12-15(14-9-5-6-10-16(14)20)19-17(21)18-11-13-7-3-2-4-8-13/h2-10,12H,11H2,1H3,(H2,18,19,21). The van der Waals surface area contributed by atoms with E-state index in [0.29, 0.717) is 6.54 Å². The fourth-order valence-corrected chi connectivity index (χ4v) is 2.39. The second-order valence-corrected chi connectivity index (χ2v) is 4.96. The smallest absolute Gasteiger partial charge is 0.319 e. The summed E-state index contributed by atoms with van der Waals surface area (Å²) in [6.07, 6.45) is 1.92. The van der Waals surface area contributed by atoms with Gasteiger partial charge >= 0.3 is 6.03 Å². The molecule has 0 saturated heterocycles. The monoisotopic (exact) mass is 279 g/mol. The van der Waals surface area contributed by atoms with Crippen LogP contribution >= 0.6 is 0 Å². The number of para-hydroxylation sites is 1. The van der Waals surface area contributed by atoms with Gasteiger partial charge in [-0.3, -0.25) is 0 Å². The highest BCUT2D eigenvalue weighted by Gasteiger charge is 2.08. The molecule has 0 aliphatic rings. The molecule has 2 amide bonds. The number of aromatic nitrogens is 1. The van der Waals surface area contributed by atoms with Gasteiger partial charge in [0.05, 0.1) is 5.69 Å². The Hall–Kier alpha value is -2.75. The molecule has 0 aliphatic heterocycles. The van der Waals surface area contributed by atoms with E-state index in [1.54, 1.807) is 0 Å². The van der Waals surface area contributed by atoms with Crippen molar-refractivity contribution in [2.75, 3.05) is 5.32 Å². The van der Waals surface area contributed by atoms with E-state index in [1.165, 1.54) is 0 Å². The molecule has 2 N–H and O–H groups in total. The van der Waals surface area contributed by atoms with Gasteiger partial charge < -0.3 is 15.2 Å². The van der Waals surface area contributed by atoms with E-state index in [1.807, 2.05) is 72.4 Å². The lowest BCUT2D eigenvalue weighted by Gasteiger charge is -2.06. The Balaban J connectivity index is 1.69. The lowest BCUT2D eigenvalue weighted by molar-refractivity contribution is 0.252. The maximum absolute atomic E-state index is 12.0. The SMILES string of the molecule is Cn1cc(NC(=O)NCc2ccccc2)c2ccccc21. The van der Waals surface area contributed by atoms with Crippen molar-refractivity contribution in [1.82, 2.24) is 9.88 Å². The molecule has 4 heteroatoms. The zero-order chi connectivity index (χ0) is 14.7. The van der Waals surface area contributed by atoms with Gasteiger partial charge in [-0.05, 0) is 11.6 Å². The molecule has 0 unspecified atom stereocenters. The quantitative estimate of drug-likeness (QED) is 0.757. The van der Waals surface area contributed by atoms with Crippen molar-refractivity contribution >= 4 is 22.6 Å². The van der Waals surface area contributed by atoms with Gasteiger partial charge in [-0.25, -0.2) is 4.79 Å². The molecule has 3 aromatic rings. The molecule has 0 atom stereocenters. The highest BCUT2D eigenvalue weighted by molar-refractivity contribution is 6.01. The topological polar surface area (TPSA) is 46.1 Å². The van der Waals surface area contributed by atoms with Gasteiger partial charge in [0.25, 0.3) is 0 Å². The van der Waals surface area contributed by atoms with E-state index in [9.17, 15) is 4.79 Å². The van der Waals surface area contributed by atoms with Crippen molar-refractivity contribution in [3.63, 3.8) is 0 Å². The van der Waals surface area contributed by atoms with Crippen LogP contribution in [0.25, 0.3) is 10.9 Å². The minimum absolute atomic E-state index is 0.199. The first-order valence-corrected chi connectivity index (χ1v) is 6.87. The first-order chi connectivity index (χ1) is 10.2. The van der Waals surface area contributed by atoms with Crippen molar-refractivity contribution in [3.05, 3.63) is 66.4 Å². The summed E-state index contributed by atoms with van der Waals surface area (Å²) in [7, 11) is 1.97. The highest BCUT2D eigenvalue weighted by atomic mass is 16.2. The fourth-order valence-electron chi connectivity index (χ4n) is 2.39. The first-order valence-electron chi connectivity index (χ1n) is 6.87. The van der Waals surface area contributed by atoms with Gasteiger partial charge in [0, 0.05) is 30.7 Å². The van der Waals surface area contributed by atoms with Crippen LogP contribution in [0.3, 0.4) is 0 Å². The average Bonchev–Trinajstić information content (AvgIpc) is 2.83. The second kappa shape index (κ2) is 5.71. The lowest BCUT2D eigenvalue weighted by atomic mass is 10.2. The van der Waals surface area contributed by atoms with Gasteiger partial charge in [0.1, 0.15) is 0 Å². The Kier molecular flexibility index (Phi) is 3.60. The van der Waals surface area contributed by atoms with Crippen LogP contribution in [-0.4, -0.2) is 10.6 Å². The third-order valence-corrected chi connectivity index (χ3v) is 3.44. The van der Waals surface area contributed by atoms with Gasteiger partial charge in [-0.15, -0.1) is 0 Å². The molecule has 106 valence electrons. The number of rotatable bonds is 3. The molecule has 1 heterocycles. The molecule has 0 fully saturated rings. The molecule has 3 rings (SSSR count). The molecule has 0 aliphatic carbocycles. The number of nitrogens with zero attached hydrogens (tertiary/aromatic N) is 1. The van der Waals surface area contributed by atoms with Crippen LogP contribution in [0.2, 0.25) is 0 Å². The molecule has 0 saturated carbocycles. The third kappa shape index (κ3) is 2.89. The average molecular weight is 279 g/mol. The van der Waals surface area contributed by atoms with Crippen LogP contribution in [0.4, 0.5) is 10.5 Å². The molecule has 0 spiro atoms. The van der Waals surface area contributed by atoms with Gasteiger partial charge in [-0.2, -0.15) is 0 Å². The molecular formula is C17H17N3O. The number of amides is 2. The number of hydrogen-bond donors (Lipinski definition) is 2. The summed E-state index contributed by atoms with van der Waals surface area (Å²) in [5.41, 5.74) is 2.99. The minimum Gasteiger partial charge on any atom is -0.348 e. The Labute approximate surface area is 123 Å². The van der Waals surface area contributed by atoms with Crippen LogP contribution in [0.1, 0.15) is 5.56 Å². The maximum atomic E-state index is 12.0. The van der Waals surface area contributed by atoms with Crippen molar-refractivity contribution < 1.29 is 4.79 Å². The van der Waals surface area contributed by atoms with E-state index in [0.717, 1.165) is 22.2 Å². The molecule has 21 heavy (non-hydrogen) atoms. The molecular weight excluding hydrogens is 262 g/mol. The molecule has 1 aromatic heterocycles. The van der Waals surface area contributed by atoms with Crippen molar-refractivity contribution in [1.29, 1.82) is 0 Å². The van der Waals surface area contributed by atoms with Crippen LogP contribution in [0, 0.1) is 0 Å². The summed E-state index contributed by atoms with van der Waals surface area (Å²) in [4.78, 5) is 12.0. The van der Waals surface area contributed by atoms with Gasteiger partial charge in [0.2, 0.25) is 0 Å². The Morgan fingerprint density at radius 3 is 2.57 bits per heavy atom. The van der Waals surface area contributed by atoms with E-state index in [2.05, 4.69) is 10.6 Å². The number of nitrogens with one attached hydrogen (secondary N) is 2. The minimum atomic E-state index is -0.199. The number of carbonyl (C=O) groups is 1. The number of carbonyl (C=O) groups excluding carboxylic acids is 1. The predicted molar refractivity (Wildman–Crippen MR) is 85.2 cm³/mol. The van der Waals surface area contributed by atoms with E-state index in [-0.39, 0.29) is 6.03 Å². The summed E-state index contributed by atoms with van der Waals surface area (Å²) in [6, 6.07) is 17.6. The normalized spacial score (nSPS) is 10.5. The van der Waals surface area contributed by atoms with Crippen molar-refractivity contribution in [2.45, 2.75) is 6.54 Å². The predicted octanol–water partition coefficient (Wildman–Crippen LogP) is 3.50. The third-order valence-electron chi connectivity index (χ3n) is 3.44. The highest BCUT2D eigenvalue weighted by Crippen LogP contribution is 2.24. The first kappa shape index (κ1) is 13.2. The van der Waals surface area contributed by atoms with Crippen LogP contribution in [0.5, 0.6) is 0 Å². The summed E-state index contributed by atoms with van der Waals surface area (Å²) in [6.45, 7) is 0.511. The van der Waals surface area contributed by atoms with Gasteiger partial charge in [-0.1, -0.05) is 48.5 Å². The Morgan fingerprint density at radius 2 is 1.76 bits per heavy atom. The molecule has 2 aromatic carbocycles. The van der Waals surface area contributed by atoms with Gasteiger partial charge in [0.15, 0.2) is 0 Å². The van der Waals surface area contributed by atoms with Crippen LogP contribution in [-0.2, 0) is 13.6 Å². The number of hydrogen-bond acceptors (Lipinski definition) is 1. The van der Waals surface area contributed by atoms with Crippen molar-refractivity contribution in [2.24, 2.45) is 7.05 Å². The second-order valence-electron chi connectivity index (χ2n) is 4.96. The fraction of sp³-hybridized carbons (Fsp3) is 0.118. The zero-order valence-corrected chi connectivity index (χ0v) is 11.8. The number of aryl methyl sites for hydroxylation is 1. The maximum Gasteiger partial charge on any atom is 0.319 e. The van der Waals surface area contributed by atoms with E-state index >= 15 is 0 Å². The van der Waals surface area contributed by atoms with E-state index in [4.69, 9.17) is 0 Å². The summed E-state index contributed by atoms with van der Waals surface area (Å²) >= 11 is 0. The van der Waals surface area contributed by atoms with Crippen LogP contribution < -0.4 is 10.6 Å². The molecule has 0 radical (unpaired) electrons. The van der Waals surface area contributed by atoms with Crippen molar-refractivity contribution in [3.8, 4) is 0 Å². The van der Waals surface area contributed by atoms with E-state index < -0.39 is 0 Å². The van der Waals surface area contributed by atoms with Crippen LogP contribution in [0.15, 0.2) is 60.8 Å². The lowest BCUT2D eigenvalue weighted by Crippen LogP contribution is -2.28. The number of anilines is 1. The number of benzene rings is 2. The number of urea groups is 1. The number of fused-ring (bicyclic) bond motifs is 1. The zero-order valence-electron chi connectivity index (χ0n) is 11.8. The largest absolute Gasteiger partial charge is 0.348 e.